The molecule has 6 heteroatoms. The Balaban J connectivity index is 3.17. The van der Waals surface area contributed by atoms with Crippen LogP contribution in [0.3, 0.4) is 0 Å². The zero-order valence-corrected chi connectivity index (χ0v) is 12.9. The molecule has 20 heavy (non-hydrogen) atoms. The number of primary amides is 1. The second kappa shape index (κ2) is 6.74. The van der Waals surface area contributed by atoms with Crippen LogP contribution in [0, 0.1) is 5.92 Å². The molecular weight excluding hydrogens is 276 g/mol. The molecule has 1 rings (SSSR count). The van der Waals surface area contributed by atoms with E-state index in [1.54, 1.807) is 24.3 Å². The number of para-hydroxylation sites is 1. The Morgan fingerprint density at radius 1 is 1.30 bits per heavy atom. The lowest BCUT2D eigenvalue weighted by Gasteiger charge is -2.22. The Hall–Kier alpha value is -1.56. The first-order valence-electron chi connectivity index (χ1n) is 6.67. The molecule has 0 fully saturated rings. The van der Waals surface area contributed by atoms with Gasteiger partial charge in [0.15, 0.2) is 9.84 Å². The van der Waals surface area contributed by atoms with E-state index < -0.39 is 21.8 Å². The van der Waals surface area contributed by atoms with Gasteiger partial charge >= 0.3 is 0 Å². The summed E-state index contributed by atoms with van der Waals surface area (Å²) < 4.78 is 24.4. The van der Waals surface area contributed by atoms with Gasteiger partial charge in [0.05, 0.1) is 16.3 Å². The van der Waals surface area contributed by atoms with Crippen molar-refractivity contribution in [1.29, 1.82) is 0 Å². The van der Waals surface area contributed by atoms with Crippen molar-refractivity contribution in [2.75, 3.05) is 11.1 Å². The van der Waals surface area contributed by atoms with Crippen LogP contribution in [0.4, 0.5) is 5.69 Å². The predicted molar refractivity (Wildman–Crippen MR) is 80.2 cm³/mol. The van der Waals surface area contributed by atoms with Gasteiger partial charge in [-0.3, -0.25) is 4.79 Å². The van der Waals surface area contributed by atoms with Crippen LogP contribution in [0.1, 0.15) is 27.2 Å². The number of amides is 1. The summed E-state index contributed by atoms with van der Waals surface area (Å²) >= 11 is 0. The third-order valence-electron chi connectivity index (χ3n) is 2.98. The predicted octanol–water partition coefficient (Wildman–Crippen LogP) is 1.79. The van der Waals surface area contributed by atoms with Crippen LogP contribution in [0.5, 0.6) is 0 Å². The molecule has 0 heterocycles. The van der Waals surface area contributed by atoms with Crippen LogP contribution >= 0.6 is 0 Å². The average Bonchev–Trinajstić information content (AvgIpc) is 2.35. The maximum absolute atomic E-state index is 12.2. The molecule has 0 aliphatic rings. The van der Waals surface area contributed by atoms with Crippen LogP contribution < -0.4 is 11.1 Å². The van der Waals surface area contributed by atoms with Crippen LogP contribution in [-0.4, -0.2) is 26.1 Å². The van der Waals surface area contributed by atoms with E-state index in [0.29, 0.717) is 12.1 Å². The molecule has 3 N–H and O–H groups in total. The quantitative estimate of drug-likeness (QED) is 0.803. The highest BCUT2D eigenvalue weighted by Gasteiger charge is 2.23. The van der Waals surface area contributed by atoms with Gasteiger partial charge < -0.3 is 11.1 Å². The lowest BCUT2D eigenvalue weighted by molar-refractivity contribution is -0.119. The molecule has 0 spiro atoms. The average molecular weight is 298 g/mol. The summed E-state index contributed by atoms with van der Waals surface area (Å²) in [6.07, 6.45) is 0.542. The fourth-order valence-corrected chi connectivity index (χ4v) is 3.47. The smallest absolute Gasteiger partial charge is 0.240 e. The number of nitrogens with one attached hydrogen (secondary N) is 1. The van der Waals surface area contributed by atoms with E-state index in [1.165, 1.54) is 0 Å². The van der Waals surface area contributed by atoms with Crippen LogP contribution in [0.2, 0.25) is 0 Å². The first kappa shape index (κ1) is 16.5. The topological polar surface area (TPSA) is 89.3 Å². The zero-order valence-electron chi connectivity index (χ0n) is 12.1. The lowest BCUT2D eigenvalue weighted by Crippen LogP contribution is -2.39. The van der Waals surface area contributed by atoms with Gasteiger partial charge in [-0.15, -0.1) is 0 Å². The molecule has 0 saturated carbocycles. The number of carbonyl (C=O) groups is 1. The number of benzene rings is 1. The molecule has 0 saturated heterocycles. The number of hydrogen-bond acceptors (Lipinski definition) is 4. The molecule has 1 atom stereocenters. The molecule has 5 nitrogen and oxygen atoms in total. The largest absolute Gasteiger partial charge is 0.372 e. The van der Waals surface area contributed by atoms with Gasteiger partial charge in [0.25, 0.3) is 0 Å². The lowest BCUT2D eigenvalue weighted by atomic mass is 10.0. The summed E-state index contributed by atoms with van der Waals surface area (Å²) in [5.74, 6) is -0.452. The Morgan fingerprint density at radius 3 is 2.40 bits per heavy atom. The molecule has 1 aromatic carbocycles. The minimum absolute atomic E-state index is 0.0329. The second-order valence-electron chi connectivity index (χ2n) is 5.08. The third kappa shape index (κ3) is 3.96. The van der Waals surface area contributed by atoms with Crippen molar-refractivity contribution in [3.05, 3.63) is 24.3 Å². The maximum atomic E-state index is 12.2. The summed E-state index contributed by atoms with van der Waals surface area (Å²) in [6, 6.07) is 5.99. The number of rotatable bonds is 7. The first-order chi connectivity index (χ1) is 9.29. The molecule has 1 amide bonds. The van der Waals surface area contributed by atoms with Gasteiger partial charge in [-0.25, -0.2) is 8.42 Å². The van der Waals surface area contributed by atoms with Gasteiger partial charge in [-0.2, -0.15) is 0 Å². The molecule has 0 aromatic heterocycles. The van der Waals surface area contributed by atoms with E-state index >= 15 is 0 Å². The van der Waals surface area contributed by atoms with E-state index in [1.807, 2.05) is 20.8 Å². The summed E-state index contributed by atoms with van der Waals surface area (Å²) in [4.78, 5) is 11.7. The minimum atomic E-state index is -3.35. The summed E-state index contributed by atoms with van der Waals surface area (Å²) in [7, 11) is -3.35. The molecule has 1 aromatic rings. The highest BCUT2D eigenvalue weighted by molar-refractivity contribution is 7.91. The highest BCUT2D eigenvalue weighted by atomic mass is 32.2. The van der Waals surface area contributed by atoms with Crippen molar-refractivity contribution in [2.24, 2.45) is 11.7 Å². The van der Waals surface area contributed by atoms with E-state index in [0.717, 1.165) is 0 Å². The van der Waals surface area contributed by atoms with Gasteiger partial charge in [0, 0.05) is 0 Å². The Labute approximate surface area is 120 Å². The van der Waals surface area contributed by atoms with Crippen molar-refractivity contribution < 1.29 is 13.2 Å². The first-order valence-corrected chi connectivity index (χ1v) is 8.32. The van der Waals surface area contributed by atoms with E-state index in [-0.39, 0.29) is 16.6 Å². The van der Waals surface area contributed by atoms with Crippen molar-refractivity contribution in [3.63, 3.8) is 0 Å². The zero-order chi connectivity index (χ0) is 15.3. The number of sulfone groups is 1. The minimum Gasteiger partial charge on any atom is -0.372 e. The van der Waals surface area contributed by atoms with Gasteiger partial charge in [-0.1, -0.05) is 32.9 Å². The van der Waals surface area contributed by atoms with Crippen LogP contribution in [0.15, 0.2) is 29.2 Å². The standard InChI is InChI=1S/C14H22N2O3S/c1-4-9-20(18,19)12-8-6-5-7-11(12)16-13(10(2)3)14(15)17/h5-8,10,13,16H,4,9H2,1-3H3,(H2,15,17). The Kier molecular flexibility index (Phi) is 5.56. The van der Waals surface area contributed by atoms with Crippen molar-refractivity contribution >= 4 is 21.4 Å². The van der Waals surface area contributed by atoms with Crippen LogP contribution in [-0.2, 0) is 14.6 Å². The summed E-state index contributed by atoms with van der Waals surface area (Å²) in [6.45, 7) is 5.52. The second-order valence-corrected chi connectivity index (χ2v) is 7.16. The third-order valence-corrected chi connectivity index (χ3v) is 4.95. The summed E-state index contributed by atoms with van der Waals surface area (Å²) in [5, 5.41) is 2.96. The van der Waals surface area contributed by atoms with E-state index in [2.05, 4.69) is 5.32 Å². The normalized spacial score (nSPS) is 13.2. The molecule has 1 unspecified atom stereocenters. The van der Waals surface area contributed by atoms with E-state index in [4.69, 9.17) is 5.73 Å². The SMILES string of the molecule is CCCS(=O)(=O)c1ccccc1NC(C(N)=O)C(C)C. The maximum Gasteiger partial charge on any atom is 0.240 e. The number of hydrogen-bond donors (Lipinski definition) is 2. The van der Waals surface area contributed by atoms with Gasteiger partial charge in [0.2, 0.25) is 5.91 Å². The molecular formula is C14H22N2O3S. The fraction of sp³-hybridized carbons (Fsp3) is 0.500. The molecule has 0 aliphatic heterocycles. The van der Waals surface area contributed by atoms with Gasteiger partial charge in [-0.05, 0) is 24.5 Å². The monoisotopic (exact) mass is 298 g/mol. The van der Waals surface area contributed by atoms with Crippen molar-refractivity contribution in [2.45, 2.75) is 38.1 Å². The Morgan fingerprint density at radius 2 is 1.90 bits per heavy atom. The molecule has 0 aliphatic carbocycles. The van der Waals surface area contributed by atoms with Crippen LogP contribution in [0.25, 0.3) is 0 Å². The number of nitrogens with two attached hydrogens (primary N) is 1. The Bertz CT molecular complexity index is 568. The van der Waals surface area contributed by atoms with Crippen molar-refractivity contribution in [3.8, 4) is 0 Å². The molecule has 0 bridgehead atoms. The molecule has 0 radical (unpaired) electrons. The van der Waals surface area contributed by atoms with E-state index in [9.17, 15) is 13.2 Å². The molecule has 112 valence electrons. The van der Waals surface area contributed by atoms with Gasteiger partial charge in [0.1, 0.15) is 6.04 Å². The van der Waals surface area contributed by atoms with Crippen molar-refractivity contribution in [1.82, 2.24) is 0 Å². The number of carbonyl (C=O) groups excluding carboxylic acids is 1. The number of anilines is 1. The summed E-state index contributed by atoms with van der Waals surface area (Å²) in [5.41, 5.74) is 5.78. The fourth-order valence-electron chi connectivity index (χ4n) is 1.97. The highest BCUT2D eigenvalue weighted by Crippen LogP contribution is 2.24.